The highest BCUT2D eigenvalue weighted by molar-refractivity contribution is 7.47. The fourth-order valence-electron chi connectivity index (χ4n) is 10.5. The van der Waals surface area contributed by atoms with Crippen molar-refractivity contribution in [1.82, 2.24) is 0 Å². The Morgan fingerprint density at radius 2 is 0.509 bits per heavy atom. The summed E-state index contributed by atoms with van der Waals surface area (Å²) in [4.78, 5) is 73.1. The van der Waals surface area contributed by atoms with Crippen LogP contribution in [0.4, 0.5) is 0 Å². The van der Waals surface area contributed by atoms with Crippen LogP contribution in [-0.2, 0) is 65.4 Å². The van der Waals surface area contributed by atoms with Gasteiger partial charge in [0.25, 0.3) is 0 Å². The van der Waals surface area contributed by atoms with Crippen molar-refractivity contribution in [3.8, 4) is 0 Å². The molecule has 0 amide bonds. The molecule has 3 unspecified atom stereocenters. The molecular formula is C87H146O17P2. The van der Waals surface area contributed by atoms with Crippen molar-refractivity contribution in [3.63, 3.8) is 0 Å². The summed E-state index contributed by atoms with van der Waals surface area (Å²) in [5.41, 5.74) is 0. The fraction of sp³-hybridized carbons (Fsp3) is 0.678. The lowest BCUT2D eigenvalue weighted by atomic mass is 10.1. The SMILES string of the molecule is CC/C=C\C/C=C\C/C=C\C/C=C\C/C=C\C/C=C\CCC(=O)OC[C@H](COP(=O)(O)OCC(O)COP(=O)(O)OC[C@@H](COC(=O)CCCCCCC/C=C\C/C=C\CCCCC)OC(=O)CCCCCCC/C=C\CCCCCCCC)OC(=O)CCCCCC/C=C\C/C=C\C/C=C\CCCCC. The van der Waals surface area contributed by atoms with Crippen LogP contribution in [0.2, 0.25) is 0 Å². The number of aliphatic hydroxyl groups is 1. The van der Waals surface area contributed by atoms with Gasteiger partial charge in [-0.3, -0.25) is 37.3 Å². The van der Waals surface area contributed by atoms with Crippen molar-refractivity contribution >= 4 is 39.5 Å². The summed E-state index contributed by atoms with van der Waals surface area (Å²) >= 11 is 0. The van der Waals surface area contributed by atoms with Crippen molar-refractivity contribution in [1.29, 1.82) is 0 Å². The van der Waals surface area contributed by atoms with E-state index in [0.717, 1.165) is 161 Å². The van der Waals surface area contributed by atoms with Crippen molar-refractivity contribution < 1.29 is 80.2 Å². The van der Waals surface area contributed by atoms with Gasteiger partial charge in [-0.2, -0.15) is 0 Å². The van der Waals surface area contributed by atoms with E-state index in [0.29, 0.717) is 32.1 Å². The number of esters is 4. The van der Waals surface area contributed by atoms with Gasteiger partial charge >= 0.3 is 39.5 Å². The number of carbonyl (C=O) groups is 4. The first-order valence-electron chi connectivity index (χ1n) is 41.1. The van der Waals surface area contributed by atoms with Crippen LogP contribution in [0.5, 0.6) is 0 Å². The van der Waals surface area contributed by atoms with Gasteiger partial charge in [0, 0.05) is 25.7 Å². The van der Waals surface area contributed by atoms with Gasteiger partial charge in [0.05, 0.1) is 26.4 Å². The smallest absolute Gasteiger partial charge is 0.462 e. The Labute approximate surface area is 643 Å². The van der Waals surface area contributed by atoms with E-state index in [2.05, 4.69) is 155 Å². The van der Waals surface area contributed by atoms with Crippen LogP contribution < -0.4 is 0 Å². The van der Waals surface area contributed by atoms with E-state index >= 15 is 0 Å². The lowest BCUT2D eigenvalue weighted by Crippen LogP contribution is -2.30. The average molecular weight is 1530 g/mol. The molecular weight excluding hydrogens is 1380 g/mol. The first-order chi connectivity index (χ1) is 51.7. The Bertz CT molecular complexity index is 2580. The standard InChI is InChI=1S/C87H146O17P2/c1-5-9-13-17-21-25-29-33-37-39-40-42-45-48-52-56-60-64-68-72-85(90)98-78-83(104-87(92)74-70-66-62-58-54-50-46-41-38-34-30-26-22-18-14-10-6-2)80-102-106(95,96)100-76-81(88)75-99-105(93,94)101-79-82(103-86(91)73-69-65-61-57-53-49-44-36-32-28-24-20-16-12-8-4)77-97-84(89)71-67-63-59-55-51-47-43-35-31-27-23-19-15-11-7-3/h9,13,21-23,25-27,33-38,40,42-44,46,48,50,52,60,64,81-83,88H,5-8,10-12,14-20,24,28-32,39,41,45,47,49,51,53-59,61-63,65-80H2,1-4H3,(H,93,94)(H,95,96)/b13-9-,25-21-,26-22-,27-23-,37-33-,38-34-,42-40-,43-35-,44-36-,50-46-,52-48-,64-60-/t81?,82-,83-/m1/s1. The first-order valence-corrected chi connectivity index (χ1v) is 44.1. The number of hydrogen-bond donors (Lipinski definition) is 3. The molecule has 0 heterocycles. The third kappa shape index (κ3) is 77.1. The van der Waals surface area contributed by atoms with Crippen LogP contribution in [0, 0.1) is 0 Å². The molecule has 0 saturated heterocycles. The Balaban J connectivity index is 5.48. The monoisotopic (exact) mass is 1530 g/mol. The van der Waals surface area contributed by atoms with Crippen LogP contribution in [0.1, 0.15) is 323 Å². The van der Waals surface area contributed by atoms with Gasteiger partial charge in [-0.15, -0.1) is 0 Å². The molecule has 0 radical (unpaired) electrons. The van der Waals surface area contributed by atoms with Crippen LogP contribution >= 0.6 is 15.6 Å². The average Bonchev–Trinajstić information content (AvgIpc) is 0.902. The number of phosphoric acid groups is 2. The van der Waals surface area contributed by atoms with E-state index < -0.39 is 97.5 Å². The molecule has 17 nitrogen and oxygen atoms in total. The molecule has 0 bridgehead atoms. The third-order valence-electron chi connectivity index (χ3n) is 16.8. The number of rotatable bonds is 76. The second-order valence-corrected chi connectivity index (χ2v) is 29.9. The molecule has 3 N–H and O–H groups in total. The van der Waals surface area contributed by atoms with E-state index in [9.17, 15) is 43.2 Å². The number of phosphoric ester groups is 2. The zero-order chi connectivity index (χ0) is 77.4. The lowest BCUT2D eigenvalue weighted by molar-refractivity contribution is -0.161. The number of hydrogen-bond acceptors (Lipinski definition) is 15. The van der Waals surface area contributed by atoms with Crippen molar-refractivity contribution in [2.24, 2.45) is 0 Å². The normalized spacial score (nSPS) is 14.6. The van der Waals surface area contributed by atoms with E-state index in [1.54, 1.807) is 0 Å². The Kier molecular flexibility index (Phi) is 74.3. The second kappa shape index (κ2) is 78.1. The predicted octanol–water partition coefficient (Wildman–Crippen LogP) is 24.2. The molecule has 606 valence electrons. The van der Waals surface area contributed by atoms with E-state index in [4.69, 9.17) is 37.0 Å². The lowest BCUT2D eigenvalue weighted by Gasteiger charge is -2.21. The van der Waals surface area contributed by atoms with Gasteiger partial charge in [0.2, 0.25) is 0 Å². The maximum Gasteiger partial charge on any atom is 0.472 e. The van der Waals surface area contributed by atoms with E-state index in [1.807, 2.05) is 18.2 Å². The third-order valence-corrected chi connectivity index (χ3v) is 18.7. The molecule has 0 aliphatic heterocycles. The summed E-state index contributed by atoms with van der Waals surface area (Å²) in [5.74, 6) is -2.32. The number of allylic oxidation sites excluding steroid dienone is 24. The van der Waals surface area contributed by atoms with Gasteiger partial charge in [0.15, 0.2) is 12.2 Å². The topological polar surface area (TPSA) is 237 Å². The largest absolute Gasteiger partial charge is 0.472 e. The van der Waals surface area contributed by atoms with Crippen molar-refractivity contribution in [2.45, 2.75) is 341 Å². The summed E-state index contributed by atoms with van der Waals surface area (Å²) in [5, 5.41) is 10.7. The summed E-state index contributed by atoms with van der Waals surface area (Å²) in [6.07, 6.45) is 89.7. The predicted molar refractivity (Wildman–Crippen MR) is 436 cm³/mol. The highest BCUT2D eigenvalue weighted by Gasteiger charge is 2.30. The summed E-state index contributed by atoms with van der Waals surface area (Å²) < 4.78 is 68.6. The molecule has 0 saturated carbocycles. The Hall–Kier alpha value is -5.06. The molecule has 0 aromatic rings. The van der Waals surface area contributed by atoms with Gasteiger partial charge < -0.3 is 33.8 Å². The van der Waals surface area contributed by atoms with Gasteiger partial charge in [-0.05, 0) is 161 Å². The number of aliphatic hydroxyl groups excluding tert-OH is 1. The minimum atomic E-state index is -5.01. The number of unbranched alkanes of at least 4 members (excludes halogenated alkanes) is 26. The van der Waals surface area contributed by atoms with E-state index in [1.165, 1.54) is 77.0 Å². The zero-order valence-corrected chi connectivity index (χ0v) is 68.1. The van der Waals surface area contributed by atoms with Crippen molar-refractivity contribution in [2.75, 3.05) is 39.6 Å². The van der Waals surface area contributed by atoms with Crippen LogP contribution in [-0.4, -0.2) is 96.7 Å². The summed E-state index contributed by atoms with van der Waals surface area (Å²) in [6.45, 7) is 4.58. The highest BCUT2D eigenvalue weighted by atomic mass is 31.2. The second-order valence-electron chi connectivity index (χ2n) is 27.0. The maximum atomic E-state index is 13.1. The van der Waals surface area contributed by atoms with Crippen LogP contribution in [0.15, 0.2) is 146 Å². The molecule has 0 spiro atoms. The molecule has 0 aliphatic carbocycles. The molecule has 106 heavy (non-hydrogen) atoms. The van der Waals surface area contributed by atoms with E-state index in [-0.39, 0.29) is 25.7 Å². The van der Waals surface area contributed by atoms with Crippen molar-refractivity contribution in [3.05, 3.63) is 146 Å². The molecule has 0 aromatic heterocycles. The minimum Gasteiger partial charge on any atom is -0.462 e. The maximum absolute atomic E-state index is 13.1. The molecule has 0 fully saturated rings. The Morgan fingerprint density at radius 1 is 0.274 bits per heavy atom. The quantitative estimate of drug-likeness (QED) is 0.0169. The Morgan fingerprint density at radius 3 is 0.840 bits per heavy atom. The van der Waals surface area contributed by atoms with Crippen LogP contribution in [0.25, 0.3) is 0 Å². The van der Waals surface area contributed by atoms with Gasteiger partial charge in [-0.25, -0.2) is 9.13 Å². The number of ether oxygens (including phenoxy) is 4. The molecule has 19 heteroatoms. The molecule has 5 atom stereocenters. The summed E-state index contributed by atoms with van der Waals surface area (Å²) in [7, 11) is -10.0. The fourth-order valence-corrected chi connectivity index (χ4v) is 12.1. The first kappa shape index (κ1) is 101. The minimum absolute atomic E-state index is 0.0267. The van der Waals surface area contributed by atoms with Gasteiger partial charge in [-0.1, -0.05) is 283 Å². The molecule has 0 rings (SSSR count). The van der Waals surface area contributed by atoms with Gasteiger partial charge in [0.1, 0.15) is 19.3 Å². The zero-order valence-electron chi connectivity index (χ0n) is 66.3. The highest BCUT2D eigenvalue weighted by Crippen LogP contribution is 2.45. The summed E-state index contributed by atoms with van der Waals surface area (Å²) in [6, 6.07) is 0. The molecule has 0 aromatic carbocycles. The van der Waals surface area contributed by atoms with Crippen LogP contribution in [0.3, 0.4) is 0 Å². The molecule has 0 aliphatic rings. The number of carbonyl (C=O) groups excluding carboxylic acids is 4.